The van der Waals surface area contributed by atoms with Crippen molar-refractivity contribution in [1.82, 2.24) is 0 Å². The first-order chi connectivity index (χ1) is 8.20. The SMILES string of the molecule is CCO[Si](OCC)[Si](OCC)(OCC)OCC. The van der Waals surface area contributed by atoms with Gasteiger partial charge in [-0.3, -0.25) is 0 Å². The van der Waals surface area contributed by atoms with Crippen LogP contribution in [0.3, 0.4) is 0 Å². The lowest BCUT2D eigenvalue weighted by Gasteiger charge is -2.31. The minimum Gasteiger partial charge on any atom is -0.391 e. The minimum absolute atomic E-state index is 0.542. The summed E-state index contributed by atoms with van der Waals surface area (Å²) < 4.78 is 28.6. The van der Waals surface area contributed by atoms with Crippen LogP contribution in [-0.4, -0.2) is 50.2 Å². The fourth-order valence-electron chi connectivity index (χ4n) is 1.35. The Balaban J connectivity index is 4.87. The molecule has 0 saturated heterocycles. The Bertz CT molecular complexity index is 159. The monoisotopic (exact) mass is 281 g/mol. The smallest absolute Gasteiger partial charge is 0.391 e. The highest BCUT2D eigenvalue weighted by molar-refractivity contribution is 7.19. The van der Waals surface area contributed by atoms with E-state index in [1.807, 2.05) is 34.6 Å². The van der Waals surface area contributed by atoms with E-state index in [-0.39, 0.29) is 0 Å². The average Bonchev–Trinajstić information content (AvgIpc) is 2.29. The molecule has 103 valence electrons. The molecule has 0 aromatic rings. The molecule has 0 aliphatic rings. The third-order valence-corrected chi connectivity index (χ3v) is 9.08. The first-order valence-electron chi connectivity index (χ1n) is 6.25. The Labute approximate surface area is 107 Å². The van der Waals surface area contributed by atoms with Crippen LogP contribution in [-0.2, 0) is 22.1 Å². The molecule has 0 aromatic carbocycles. The summed E-state index contributed by atoms with van der Waals surface area (Å²) in [5.74, 6) is 0. The highest BCUT2D eigenvalue weighted by Crippen LogP contribution is 2.16. The van der Waals surface area contributed by atoms with E-state index in [0.29, 0.717) is 33.0 Å². The van der Waals surface area contributed by atoms with Crippen LogP contribution in [0.25, 0.3) is 0 Å². The molecule has 0 aliphatic carbocycles. The van der Waals surface area contributed by atoms with Crippen LogP contribution >= 0.6 is 0 Å². The normalized spacial score (nSPS) is 12.4. The fourth-order valence-corrected chi connectivity index (χ4v) is 8.34. The first-order valence-corrected chi connectivity index (χ1v) is 10.3. The molecular formula is C10H25O5Si2. The molecule has 0 fully saturated rings. The van der Waals surface area contributed by atoms with E-state index in [1.165, 1.54) is 0 Å². The average molecular weight is 281 g/mol. The highest BCUT2D eigenvalue weighted by Gasteiger charge is 2.56. The molecule has 5 nitrogen and oxygen atoms in total. The van der Waals surface area contributed by atoms with Crippen molar-refractivity contribution in [3.8, 4) is 0 Å². The van der Waals surface area contributed by atoms with Crippen molar-refractivity contribution in [3.05, 3.63) is 0 Å². The van der Waals surface area contributed by atoms with E-state index in [4.69, 9.17) is 22.1 Å². The molecule has 1 radical (unpaired) electrons. The molecule has 0 atom stereocenters. The lowest BCUT2D eigenvalue weighted by atomic mass is 10.9. The van der Waals surface area contributed by atoms with Crippen LogP contribution in [0.5, 0.6) is 0 Å². The van der Waals surface area contributed by atoms with Gasteiger partial charge in [0.15, 0.2) is 0 Å². The van der Waals surface area contributed by atoms with Crippen molar-refractivity contribution in [3.63, 3.8) is 0 Å². The van der Waals surface area contributed by atoms with Crippen molar-refractivity contribution >= 4 is 17.1 Å². The van der Waals surface area contributed by atoms with Crippen LogP contribution in [0, 0.1) is 0 Å². The van der Waals surface area contributed by atoms with Crippen molar-refractivity contribution in [2.75, 3.05) is 33.0 Å². The second-order valence-electron chi connectivity index (χ2n) is 3.01. The van der Waals surface area contributed by atoms with E-state index in [9.17, 15) is 0 Å². The molecule has 0 unspecified atom stereocenters. The van der Waals surface area contributed by atoms with Gasteiger partial charge in [-0.15, -0.1) is 0 Å². The number of hydrogen-bond donors (Lipinski definition) is 0. The lowest BCUT2D eigenvalue weighted by Crippen LogP contribution is -2.62. The highest BCUT2D eigenvalue weighted by atomic mass is 29.3. The summed E-state index contributed by atoms with van der Waals surface area (Å²) >= 11 is 0. The molecule has 0 N–H and O–H groups in total. The second kappa shape index (κ2) is 10.2. The Morgan fingerprint density at radius 1 is 0.647 bits per heavy atom. The van der Waals surface area contributed by atoms with Gasteiger partial charge in [0.2, 0.25) is 0 Å². The fraction of sp³-hybridized carbons (Fsp3) is 1.00. The maximum Gasteiger partial charge on any atom is 0.541 e. The summed E-state index contributed by atoms with van der Waals surface area (Å²) in [5.41, 5.74) is 0. The quantitative estimate of drug-likeness (QED) is 0.539. The molecule has 0 spiro atoms. The molecule has 7 heteroatoms. The van der Waals surface area contributed by atoms with Gasteiger partial charge in [0.25, 0.3) is 0 Å². The molecule has 0 aromatic heterocycles. The Morgan fingerprint density at radius 3 is 1.24 bits per heavy atom. The van der Waals surface area contributed by atoms with Gasteiger partial charge in [-0.05, 0) is 34.6 Å². The van der Waals surface area contributed by atoms with Gasteiger partial charge in [0.05, 0.1) is 0 Å². The van der Waals surface area contributed by atoms with Gasteiger partial charge in [-0.25, -0.2) is 0 Å². The predicted octanol–water partition coefficient (Wildman–Crippen LogP) is 1.67. The Morgan fingerprint density at radius 2 is 1.00 bits per heavy atom. The van der Waals surface area contributed by atoms with Crippen LogP contribution in [0.4, 0.5) is 0 Å². The summed E-state index contributed by atoms with van der Waals surface area (Å²) in [6, 6.07) is 0. The zero-order chi connectivity index (χ0) is 13.1. The number of hydrogen-bond acceptors (Lipinski definition) is 5. The molecular weight excluding hydrogens is 256 g/mol. The Kier molecular flexibility index (Phi) is 10.3. The molecule has 0 amide bonds. The van der Waals surface area contributed by atoms with E-state index in [1.54, 1.807) is 0 Å². The van der Waals surface area contributed by atoms with Gasteiger partial charge in [-0.1, -0.05) is 0 Å². The molecule has 0 rings (SSSR count). The predicted molar refractivity (Wildman–Crippen MR) is 69.6 cm³/mol. The molecule has 0 bridgehead atoms. The van der Waals surface area contributed by atoms with E-state index < -0.39 is 17.1 Å². The summed E-state index contributed by atoms with van der Waals surface area (Å²) in [7, 11) is -4.47. The van der Waals surface area contributed by atoms with Gasteiger partial charge >= 0.3 is 17.1 Å². The molecule has 0 heterocycles. The first kappa shape index (κ1) is 17.2. The van der Waals surface area contributed by atoms with Crippen molar-refractivity contribution in [2.24, 2.45) is 0 Å². The van der Waals surface area contributed by atoms with Crippen LogP contribution in [0.2, 0.25) is 0 Å². The van der Waals surface area contributed by atoms with Crippen molar-refractivity contribution < 1.29 is 22.1 Å². The van der Waals surface area contributed by atoms with Crippen molar-refractivity contribution in [1.29, 1.82) is 0 Å². The maximum atomic E-state index is 5.77. The van der Waals surface area contributed by atoms with Crippen LogP contribution in [0.15, 0.2) is 0 Å². The van der Waals surface area contributed by atoms with Gasteiger partial charge in [0, 0.05) is 33.0 Å². The van der Waals surface area contributed by atoms with E-state index in [0.717, 1.165) is 0 Å². The molecule has 17 heavy (non-hydrogen) atoms. The van der Waals surface area contributed by atoms with Gasteiger partial charge in [-0.2, -0.15) is 0 Å². The number of rotatable bonds is 11. The summed E-state index contributed by atoms with van der Waals surface area (Å²) in [5, 5.41) is 0. The van der Waals surface area contributed by atoms with Crippen LogP contribution < -0.4 is 0 Å². The minimum atomic E-state index is -2.81. The zero-order valence-corrected chi connectivity index (χ0v) is 13.6. The van der Waals surface area contributed by atoms with E-state index >= 15 is 0 Å². The summed E-state index contributed by atoms with van der Waals surface area (Å²) in [6.07, 6.45) is 0. The molecule has 0 saturated carbocycles. The van der Waals surface area contributed by atoms with Gasteiger partial charge in [0.1, 0.15) is 0 Å². The topological polar surface area (TPSA) is 46.2 Å². The van der Waals surface area contributed by atoms with Gasteiger partial charge < -0.3 is 22.1 Å². The van der Waals surface area contributed by atoms with E-state index in [2.05, 4.69) is 0 Å². The zero-order valence-electron chi connectivity index (χ0n) is 11.6. The third-order valence-electron chi connectivity index (χ3n) is 1.80. The van der Waals surface area contributed by atoms with Crippen molar-refractivity contribution in [2.45, 2.75) is 34.6 Å². The molecule has 0 aliphatic heterocycles. The van der Waals surface area contributed by atoms with Crippen LogP contribution in [0.1, 0.15) is 34.6 Å². The summed E-state index contributed by atoms with van der Waals surface area (Å²) in [6.45, 7) is 12.4. The summed E-state index contributed by atoms with van der Waals surface area (Å²) in [4.78, 5) is 0. The largest absolute Gasteiger partial charge is 0.541 e. The maximum absolute atomic E-state index is 5.77. The Hall–Kier alpha value is 0.234. The lowest BCUT2D eigenvalue weighted by molar-refractivity contribution is 0.0719. The standard InChI is InChI=1S/C10H25O5Si2/c1-6-11-16(12-7-2)17(13-8-3,14-9-4)15-10-5/h6-10H2,1-5H3. The second-order valence-corrected chi connectivity index (χ2v) is 9.20. The third kappa shape index (κ3) is 5.60.